The van der Waals surface area contributed by atoms with Gasteiger partial charge in [-0.15, -0.1) is 0 Å². The Bertz CT molecular complexity index is 736. The monoisotopic (exact) mass is 360 g/mol. The number of benzene rings is 2. The topological polar surface area (TPSA) is 59.6 Å². The van der Waals surface area contributed by atoms with E-state index in [0.717, 1.165) is 34.1 Å². The zero-order chi connectivity index (χ0) is 17.5. The van der Waals surface area contributed by atoms with Crippen molar-refractivity contribution in [2.24, 2.45) is 0 Å². The van der Waals surface area contributed by atoms with E-state index in [2.05, 4.69) is 10.6 Å². The van der Waals surface area contributed by atoms with Crippen molar-refractivity contribution in [3.8, 4) is 11.5 Å². The van der Waals surface area contributed by atoms with E-state index < -0.39 is 0 Å². The predicted molar refractivity (Wildman–Crippen MR) is 97.1 cm³/mol. The second-order valence-corrected chi connectivity index (χ2v) is 6.28. The first-order chi connectivity index (χ1) is 12.2. The Kier molecular flexibility index (Phi) is 6.14. The fraction of sp³-hybridized carbons (Fsp3) is 0.316. The van der Waals surface area contributed by atoms with E-state index in [1.165, 1.54) is 0 Å². The molecule has 132 valence electrons. The van der Waals surface area contributed by atoms with Crippen LogP contribution in [0.25, 0.3) is 0 Å². The molecular weight excluding hydrogens is 340 g/mol. The minimum atomic E-state index is 0.0419. The first kappa shape index (κ1) is 17.6. The summed E-state index contributed by atoms with van der Waals surface area (Å²) in [6.45, 7) is 2.20. The molecule has 1 aliphatic rings. The molecular formula is C19H21ClN2O3. The van der Waals surface area contributed by atoms with Gasteiger partial charge in [0.2, 0.25) is 12.7 Å². The van der Waals surface area contributed by atoms with Gasteiger partial charge in [-0.05, 0) is 41.8 Å². The average Bonchev–Trinajstić information content (AvgIpc) is 3.06. The van der Waals surface area contributed by atoms with E-state index in [4.69, 9.17) is 21.1 Å². The van der Waals surface area contributed by atoms with E-state index in [-0.39, 0.29) is 12.7 Å². The van der Waals surface area contributed by atoms with Crippen molar-refractivity contribution in [1.82, 2.24) is 10.6 Å². The number of rotatable bonds is 8. The summed E-state index contributed by atoms with van der Waals surface area (Å²) in [4.78, 5) is 11.9. The van der Waals surface area contributed by atoms with Gasteiger partial charge in [0.25, 0.3) is 0 Å². The van der Waals surface area contributed by atoms with Crippen LogP contribution in [0, 0.1) is 0 Å². The van der Waals surface area contributed by atoms with Gasteiger partial charge < -0.3 is 20.1 Å². The van der Waals surface area contributed by atoms with Crippen molar-refractivity contribution in [3.05, 3.63) is 58.6 Å². The summed E-state index contributed by atoms with van der Waals surface area (Å²) in [5.74, 6) is 1.60. The van der Waals surface area contributed by atoms with E-state index in [9.17, 15) is 4.79 Å². The zero-order valence-electron chi connectivity index (χ0n) is 13.9. The Labute approximate surface area is 152 Å². The predicted octanol–water partition coefficient (Wildman–Crippen LogP) is 2.91. The molecule has 1 amide bonds. The summed E-state index contributed by atoms with van der Waals surface area (Å²) in [7, 11) is 0. The first-order valence-electron chi connectivity index (χ1n) is 8.31. The number of hydrogen-bond donors (Lipinski definition) is 2. The van der Waals surface area contributed by atoms with Gasteiger partial charge in [-0.2, -0.15) is 0 Å². The Morgan fingerprint density at radius 3 is 2.80 bits per heavy atom. The van der Waals surface area contributed by atoms with Crippen molar-refractivity contribution in [2.75, 3.05) is 19.9 Å². The lowest BCUT2D eigenvalue weighted by atomic mass is 10.1. The Balaban J connectivity index is 1.30. The highest BCUT2D eigenvalue weighted by Gasteiger charge is 2.12. The van der Waals surface area contributed by atoms with E-state index in [0.29, 0.717) is 26.1 Å². The standard InChI is InChI=1S/C19H21ClN2O3/c20-16-3-1-2-14(10-16)6-9-22-19(23)7-8-21-12-15-4-5-17-18(11-15)25-13-24-17/h1-5,10-11,21H,6-9,12-13H2,(H,22,23). The molecule has 3 rings (SSSR count). The molecule has 0 unspecified atom stereocenters. The molecule has 1 aliphatic heterocycles. The molecule has 2 aromatic carbocycles. The molecule has 0 bridgehead atoms. The van der Waals surface area contributed by atoms with Crippen molar-refractivity contribution < 1.29 is 14.3 Å². The van der Waals surface area contributed by atoms with Crippen LogP contribution in [0.2, 0.25) is 5.02 Å². The summed E-state index contributed by atoms with van der Waals surface area (Å²) >= 11 is 5.94. The minimum absolute atomic E-state index is 0.0419. The first-order valence-corrected chi connectivity index (χ1v) is 8.69. The summed E-state index contributed by atoms with van der Waals surface area (Å²) in [5.41, 5.74) is 2.22. The van der Waals surface area contributed by atoms with Crippen LogP contribution in [0.1, 0.15) is 17.5 Å². The van der Waals surface area contributed by atoms with Crippen LogP contribution in [-0.4, -0.2) is 25.8 Å². The minimum Gasteiger partial charge on any atom is -0.454 e. The van der Waals surface area contributed by atoms with Gasteiger partial charge in [-0.3, -0.25) is 4.79 Å². The number of amides is 1. The maximum absolute atomic E-state index is 11.9. The van der Waals surface area contributed by atoms with Crippen molar-refractivity contribution in [2.45, 2.75) is 19.4 Å². The van der Waals surface area contributed by atoms with Gasteiger partial charge in [0.15, 0.2) is 11.5 Å². The van der Waals surface area contributed by atoms with E-state index in [1.54, 1.807) is 0 Å². The van der Waals surface area contributed by atoms with Gasteiger partial charge in [-0.25, -0.2) is 0 Å². The molecule has 0 fully saturated rings. The number of nitrogens with one attached hydrogen (secondary N) is 2. The van der Waals surface area contributed by atoms with Crippen LogP contribution in [-0.2, 0) is 17.8 Å². The number of ether oxygens (including phenoxy) is 2. The maximum atomic E-state index is 11.9. The molecule has 0 aliphatic carbocycles. The van der Waals surface area contributed by atoms with E-state index in [1.807, 2.05) is 42.5 Å². The summed E-state index contributed by atoms with van der Waals surface area (Å²) in [5, 5.41) is 6.91. The molecule has 5 nitrogen and oxygen atoms in total. The van der Waals surface area contributed by atoms with E-state index >= 15 is 0 Å². The largest absolute Gasteiger partial charge is 0.454 e. The summed E-state index contributed by atoms with van der Waals surface area (Å²) in [6, 6.07) is 13.5. The smallest absolute Gasteiger partial charge is 0.231 e. The normalized spacial score (nSPS) is 12.2. The summed E-state index contributed by atoms with van der Waals surface area (Å²) < 4.78 is 10.6. The van der Waals surface area contributed by atoms with Crippen molar-refractivity contribution in [1.29, 1.82) is 0 Å². The third kappa shape index (κ3) is 5.37. The Morgan fingerprint density at radius 2 is 1.92 bits per heavy atom. The number of carbonyl (C=O) groups excluding carboxylic acids is 1. The third-order valence-corrected chi connectivity index (χ3v) is 4.15. The highest BCUT2D eigenvalue weighted by Crippen LogP contribution is 2.32. The second kappa shape index (κ2) is 8.74. The van der Waals surface area contributed by atoms with Gasteiger partial charge >= 0.3 is 0 Å². The average molecular weight is 361 g/mol. The van der Waals surface area contributed by atoms with Crippen LogP contribution in [0.15, 0.2) is 42.5 Å². The quantitative estimate of drug-likeness (QED) is 0.711. The lowest BCUT2D eigenvalue weighted by Crippen LogP contribution is -2.29. The fourth-order valence-electron chi connectivity index (χ4n) is 2.61. The van der Waals surface area contributed by atoms with Crippen LogP contribution in [0.3, 0.4) is 0 Å². The fourth-order valence-corrected chi connectivity index (χ4v) is 2.83. The Hall–Kier alpha value is -2.24. The zero-order valence-corrected chi connectivity index (χ0v) is 14.6. The van der Waals surface area contributed by atoms with Gasteiger partial charge in [0.05, 0.1) is 0 Å². The molecule has 0 aromatic heterocycles. The van der Waals surface area contributed by atoms with Gasteiger partial charge in [0.1, 0.15) is 0 Å². The number of hydrogen-bond acceptors (Lipinski definition) is 4. The van der Waals surface area contributed by atoms with Gasteiger partial charge in [0, 0.05) is 31.1 Å². The molecule has 2 N–H and O–H groups in total. The van der Waals surface area contributed by atoms with Gasteiger partial charge in [-0.1, -0.05) is 29.8 Å². The molecule has 0 spiro atoms. The highest BCUT2D eigenvalue weighted by molar-refractivity contribution is 6.30. The lowest BCUT2D eigenvalue weighted by Gasteiger charge is -2.07. The number of halogens is 1. The highest BCUT2D eigenvalue weighted by atomic mass is 35.5. The molecule has 2 aromatic rings. The molecule has 1 heterocycles. The second-order valence-electron chi connectivity index (χ2n) is 5.84. The molecule has 25 heavy (non-hydrogen) atoms. The number of carbonyl (C=O) groups is 1. The lowest BCUT2D eigenvalue weighted by molar-refractivity contribution is -0.120. The molecule has 0 radical (unpaired) electrons. The van der Waals surface area contributed by atoms with Crippen molar-refractivity contribution >= 4 is 17.5 Å². The maximum Gasteiger partial charge on any atom is 0.231 e. The molecule has 0 saturated carbocycles. The van der Waals surface area contributed by atoms with Crippen LogP contribution < -0.4 is 20.1 Å². The Morgan fingerprint density at radius 1 is 1.04 bits per heavy atom. The number of fused-ring (bicyclic) bond motifs is 1. The molecule has 0 saturated heterocycles. The van der Waals surface area contributed by atoms with Crippen molar-refractivity contribution in [3.63, 3.8) is 0 Å². The molecule has 0 atom stereocenters. The SMILES string of the molecule is O=C(CCNCc1ccc2c(c1)OCO2)NCCc1cccc(Cl)c1. The van der Waals surface area contributed by atoms with Crippen LogP contribution in [0.4, 0.5) is 0 Å². The van der Waals surface area contributed by atoms with Crippen LogP contribution in [0.5, 0.6) is 11.5 Å². The summed E-state index contributed by atoms with van der Waals surface area (Å²) in [6.07, 6.45) is 1.22. The van der Waals surface area contributed by atoms with Crippen LogP contribution >= 0.6 is 11.6 Å². The molecule has 6 heteroatoms. The third-order valence-electron chi connectivity index (χ3n) is 3.92.